The van der Waals surface area contributed by atoms with E-state index in [1.165, 1.54) is 10.5 Å². The van der Waals surface area contributed by atoms with Gasteiger partial charge in [-0.2, -0.15) is 0 Å². The highest BCUT2D eigenvalue weighted by atomic mass is 32.2. The molecule has 0 N–H and O–H groups in total. The van der Waals surface area contributed by atoms with Crippen LogP contribution in [0.2, 0.25) is 0 Å². The van der Waals surface area contributed by atoms with E-state index in [0.717, 1.165) is 43.3 Å². The lowest BCUT2D eigenvalue weighted by molar-refractivity contribution is -0.124. The summed E-state index contributed by atoms with van der Waals surface area (Å²) in [5, 5.41) is -0.175. The summed E-state index contributed by atoms with van der Waals surface area (Å²) < 4.78 is 0. The number of thioether (sulfide) groups is 1. The van der Waals surface area contributed by atoms with Crippen molar-refractivity contribution in [1.29, 1.82) is 0 Å². The van der Waals surface area contributed by atoms with Crippen molar-refractivity contribution < 1.29 is 9.59 Å². The first kappa shape index (κ1) is 17.8. The second-order valence-electron chi connectivity index (χ2n) is 5.78. The maximum Gasteiger partial charge on any atom is 0.294 e. The third-order valence-electron chi connectivity index (χ3n) is 3.67. The number of rotatable bonds is 7. The van der Waals surface area contributed by atoms with Gasteiger partial charge in [0.15, 0.2) is 0 Å². The van der Waals surface area contributed by atoms with Gasteiger partial charge in [0.25, 0.3) is 11.1 Å². The van der Waals surface area contributed by atoms with Crippen LogP contribution in [0.1, 0.15) is 37.8 Å². The van der Waals surface area contributed by atoms with Gasteiger partial charge in [-0.1, -0.05) is 43.7 Å². The number of imide groups is 1. The van der Waals surface area contributed by atoms with Crippen molar-refractivity contribution in [3.63, 3.8) is 0 Å². The fourth-order valence-electron chi connectivity index (χ4n) is 2.52. The predicted molar refractivity (Wildman–Crippen MR) is 96.0 cm³/mol. The van der Waals surface area contributed by atoms with E-state index in [1.54, 1.807) is 6.08 Å². The topological polar surface area (TPSA) is 40.6 Å². The lowest BCUT2D eigenvalue weighted by Gasteiger charge is -2.25. The van der Waals surface area contributed by atoms with E-state index < -0.39 is 0 Å². The molecular weight excluding hydrogens is 308 g/mol. The third-order valence-corrected chi connectivity index (χ3v) is 4.58. The number of hydrogen-bond donors (Lipinski definition) is 0. The molecule has 2 amide bonds. The summed E-state index contributed by atoms with van der Waals surface area (Å²) in [4.78, 5) is 28.7. The highest BCUT2D eigenvalue weighted by Gasteiger charge is 2.35. The monoisotopic (exact) mass is 332 g/mol. The van der Waals surface area contributed by atoms with Crippen molar-refractivity contribution in [2.24, 2.45) is 0 Å². The first-order valence-electron chi connectivity index (χ1n) is 8.09. The van der Waals surface area contributed by atoms with Crippen LogP contribution in [0.5, 0.6) is 0 Å². The number of aryl methyl sites for hydroxylation is 1. The van der Waals surface area contributed by atoms with Crippen LogP contribution >= 0.6 is 11.8 Å². The van der Waals surface area contributed by atoms with Crippen LogP contribution in [-0.4, -0.2) is 40.7 Å². The van der Waals surface area contributed by atoms with E-state index in [9.17, 15) is 9.59 Å². The van der Waals surface area contributed by atoms with E-state index in [1.807, 2.05) is 31.2 Å². The number of carbonyl (C=O) groups excluding carboxylic acids is 2. The molecule has 1 aromatic carbocycles. The number of carbonyl (C=O) groups is 2. The first-order valence-corrected chi connectivity index (χ1v) is 8.91. The van der Waals surface area contributed by atoms with Gasteiger partial charge < -0.3 is 0 Å². The summed E-state index contributed by atoms with van der Waals surface area (Å²) >= 11 is 1.03. The quantitative estimate of drug-likeness (QED) is 0.705. The summed E-state index contributed by atoms with van der Waals surface area (Å²) in [5.41, 5.74) is 2.12. The van der Waals surface area contributed by atoms with Crippen LogP contribution in [0.3, 0.4) is 0 Å². The van der Waals surface area contributed by atoms with E-state index in [4.69, 9.17) is 0 Å². The zero-order valence-corrected chi connectivity index (χ0v) is 14.9. The highest BCUT2D eigenvalue weighted by molar-refractivity contribution is 8.18. The predicted octanol–water partition coefficient (Wildman–Crippen LogP) is 4.11. The highest BCUT2D eigenvalue weighted by Crippen LogP contribution is 2.32. The first-order chi connectivity index (χ1) is 11.0. The van der Waals surface area contributed by atoms with Gasteiger partial charge in [0, 0.05) is 0 Å². The average molecular weight is 332 g/mol. The molecule has 23 heavy (non-hydrogen) atoms. The van der Waals surface area contributed by atoms with Gasteiger partial charge in [-0.25, -0.2) is 0 Å². The number of hydrogen-bond acceptors (Lipinski definition) is 4. The molecule has 2 rings (SSSR count). The Kier molecular flexibility index (Phi) is 6.42. The van der Waals surface area contributed by atoms with Gasteiger partial charge in [-0.3, -0.25) is 19.4 Å². The smallest absolute Gasteiger partial charge is 0.286 e. The van der Waals surface area contributed by atoms with Crippen LogP contribution < -0.4 is 0 Å². The average Bonchev–Trinajstić information content (AvgIpc) is 2.78. The van der Waals surface area contributed by atoms with Crippen molar-refractivity contribution in [2.45, 2.75) is 33.6 Å². The minimum absolute atomic E-state index is 0.175. The van der Waals surface area contributed by atoms with Gasteiger partial charge in [-0.15, -0.1) is 0 Å². The fourth-order valence-corrected chi connectivity index (χ4v) is 3.35. The number of amides is 2. The second kappa shape index (κ2) is 8.31. The molecule has 4 nitrogen and oxygen atoms in total. The molecule has 0 aliphatic carbocycles. The lowest BCUT2D eigenvalue weighted by atomic mass is 10.1. The van der Waals surface area contributed by atoms with E-state index in [2.05, 4.69) is 18.7 Å². The standard InChI is InChI=1S/C18H24N2O2S/c1-4-10-19(11-5-2)13-20-17(21)16(23-18(20)22)12-15-8-6-14(3)7-9-15/h6-9,12H,4-5,10-11,13H2,1-3H3. The Labute approximate surface area is 142 Å². The van der Waals surface area contributed by atoms with Gasteiger partial charge in [-0.05, 0) is 56.3 Å². The van der Waals surface area contributed by atoms with E-state index in [-0.39, 0.29) is 11.1 Å². The van der Waals surface area contributed by atoms with E-state index >= 15 is 0 Å². The maximum atomic E-state index is 12.5. The Morgan fingerprint density at radius 2 is 1.70 bits per heavy atom. The zero-order valence-electron chi connectivity index (χ0n) is 14.0. The normalized spacial score (nSPS) is 16.9. The SMILES string of the molecule is CCCN(CCC)CN1C(=O)SC(=Cc2ccc(C)cc2)C1=O. The molecule has 1 heterocycles. The summed E-state index contributed by atoms with van der Waals surface area (Å²) in [6.07, 6.45) is 3.82. The Bertz CT molecular complexity index is 590. The van der Waals surface area contributed by atoms with Crippen LogP contribution in [0.15, 0.2) is 29.2 Å². The van der Waals surface area contributed by atoms with Crippen LogP contribution in [-0.2, 0) is 4.79 Å². The molecule has 0 bridgehead atoms. The van der Waals surface area contributed by atoms with Crippen LogP contribution in [0, 0.1) is 6.92 Å². The largest absolute Gasteiger partial charge is 0.294 e. The molecule has 5 heteroatoms. The Hall–Kier alpha value is -1.59. The van der Waals surface area contributed by atoms with Gasteiger partial charge in [0.2, 0.25) is 0 Å². The second-order valence-corrected chi connectivity index (χ2v) is 6.77. The molecule has 1 aliphatic heterocycles. The molecule has 0 atom stereocenters. The Balaban J connectivity index is 2.11. The van der Waals surface area contributed by atoms with E-state index in [0.29, 0.717) is 11.6 Å². The fraction of sp³-hybridized carbons (Fsp3) is 0.444. The van der Waals surface area contributed by atoms with Crippen molar-refractivity contribution in [2.75, 3.05) is 19.8 Å². The van der Waals surface area contributed by atoms with Crippen molar-refractivity contribution in [1.82, 2.24) is 9.80 Å². The summed E-state index contributed by atoms with van der Waals surface area (Å²) in [6.45, 7) is 8.41. The molecule has 0 saturated carbocycles. The molecular formula is C18H24N2O2S. The molecule has 0 spiro atoms. The molecule has 1 fully saturated rings. The minimum atomic E-state index is -0.183. The van der Waals surface area contributed by atoms with Gasteiger partial charge >= 0.3 is 0 Å². The molecule has 0 unspecified atom stereocenters. The van der Waals surface area contributed by atoms with Crippen molar-refractivity contribution >= 4 is 29.0 Å². The molecule has 1 aromatic rings. The Morgan fingerprint density at radius 3 is 2.26 bits per heavy atom. The summed E-state index contributed by atoms with van der Waals surface area (Å²) in [7, 11) is 0. The van der Waals surface area contributed by atoms with Gasteiger partial charge in [0.05, 0.1) is 11.6 Å². The minimum Gasteiger partial charge on any atom is -0.286 e. The third kappa shape index (κ3) is 4.69. The Morgan fingerprint density at radius 1 is 1.09 bits per heavy atom. The number of nitrogens with zero attached hydrogens (tertiary/aromatic N) is 2. The molecule has 1 saturated heterocycles. The lowest BCUT2D eigenvalue weighted by Crippen LogP contribution is -2.41. The van der Waals surface area contributed by atoms with Crippen LogP contribution in [0.4, 0.5) is 4.79 Å². The maximum absolute atomic E-state index is 12.5. The number of benzene rings is 1. The molecule has 0 aromatic heterocycles. The molecule has 1 aliphatic rings. The summed E-state index contributed by atoms with van der Waals surface area (Å²) in [5.74, 6) is -0.183. The van der Waals surface area contributed by atoms with Gasteiger partial charge in [0.1, 0.15) is 0 Å². The molecule has 124 valence electrons. The zero-order chi connectivity index (χ0) is 16.8. The van der Waals surface area contributed by atoms with Crippen molar-refractivity contribution in [3.05, 3.63) is 40.3 Å². The molecule has 0 radical (unpaired) electrons. The van der Waals surface area contributed by atoms with Crippen LogP contribution in [0.25, 0.3) is 6.08 Å². The van der Waals surface area contributed by atoms with Crippen molar-refractivity contribution in [3.8, 4) is 0 Å². The summed E-state index contributed by atoms with van der Waals surface area (Å²) in [6, 6.07) is 7.92.